The van der Waals surface area contributed by atoms with Crippen molar-refractivity contribution < 1.29 is 13.5 Å². The van der Waals surface area contributed by atoms with E-state index in [-0.39, 0.29) is 4.47 Å². The van der Waals surface area contributed by atoms with Gasteiger partial charge >= 0.3 is 0 Å². The fourth-order valence-corrected chi connectivity index (χ4v) is 2.57. The summed E-state index contributed by atoms with van der Waals surface area (Å²) in [4.78, 5) is 12.1. The standard InChI is InChI=1S/C15H14BrF2NO2S/c1-22-9-21-11-4-2-10(3-5-11)13-7-6-12(16)15(20)19(13)8-14(17)18/h2-7,14H,8-9H2,1H3. The summed E-state index contributed by atoms with van der Waals surface area (Å²) >= 11 is 4.64. The first-order valence-corrected chi connectivity index (χ1v) is 8.61. The van der Waals surface area contributed by atoms with Gasteiger partial charge in [-0.3, -0.25) is 4.79 Å². The van der Waals surface area contributed by atoms with Crippen molar-refractivity contribution in [3.63, 3.8) is 0 Å². The van der Waals surface area contributed by atoms with Gasteiger partial charge in [-0.2, -0.15) is 0 Å². The molecule has 0 spiro atoms. The predicted molar refractivity (Wildman–Crippen MR) is 88.9 cm³/mol. The number of ether oxygens (including phenoxy) is 1. The molecule has 1 aromatic carbocycles. The van der Waals surface area contributed by atoms with Crippen LogP contribution in [0.3, 0.4) is 0 Å². The summed E-state index contributed by atoms with van der Waals surface area (Å²) < 4.78 is 32.3. The van der Waals surface area contributed by atoms with E-state index >= 15 is 0 Å². The third kappa shape index (κ3) is 4.10. The van der Waals surface area contributed by atoms with E-state index in [0.717, 1.165) is 4.57 Å². The van der Waals surface area contributed by atoms with Crippen LogP contribution < -0.4 is 10.3 Å². The lowest BCUT2D eigenvalue weighted by Crippen LogP contribution is -2.25. The molecular weight excluding hydrogens is 376 g/mol. The lowest BCUT2D eigenvalue weighted by Gasteiger charge is -2.13. The van der Waals surface area contributed by atoms with Crippen molar-refractivity contribution in [3.8, 4) is 17.0 Å². The Balaban J connectivity index is 2.39. The van der Waals surface area contributed by atoms with Crippen LogP contribution in [0.15, 0.2) is 45.7 Å². The first kappa shape index (κ1) is 17.0. The first-order valence-electron chi connectivity index (χ1n) is 6.42. The second-order valence-electron chi connectivity index (χ2n) is 4.45. The maximum Gasteiger partial charge on any atom is 0.265 e. The number of hydrogen-bond acceptors (Lipinski definition) is 3. The van der Waals surface area contributed by atoms with Crippen LogP contribution in [0, 0.1) is 0 Å². The fraction of sp³-hybridized carbons (Fsp3) is 0.267. The number of nitrogens with zero attached hydrogens (tertiary/aromatic N) is 1. The summed E-state index contributed by atoms with van der Waals surface area (Å²) in [5, 5.41) is 0. The first-order chi connectivity index (χ1) is 10.5. The highest BCUT2D eigenvalue weighted by Gasteiger charge is 2.13. The maximum absolute atomic E-state index is 12.7. The van der Waals surface area contributed by atoms with E-state index < -0.39 is 18.5 Å². The Morgan fingerprint density at radius 1 is 1.23 bits per heavy atom. The minimum atomic E-state index is -2.60. The van der Waals surface area contributed by atoms with Crippen LogP contribution >= 0.6 is 27.7 Å². The summed E-state index contributed by atoms with van der Waals surface area (Å²) in [6.07, 6.45) is -0.672. The van der Waals surface area contributed by atoms with Crippen LogP contribution in [0.4, 0.5) is 8.78 Å². The third-order valence-corrected chi connectivity index (χ3v) is 3.90. The van der Waals surface area contributed by atoms with Crippen molar-refractivity contribution >= 4 is 27.7 Å². The highest BCUT2D eigenvalue weighted by molar-refractivity contribution is 9.10. The Labute approximate surface area is 139 Å². The molecule has 2 aromatic rings. The maximum atomic E-state index is 12.7. The number of halogens is 3. The van der Waals surface area contributed by atoms with E-state index in [1.807, 2.05) is 6.26 Å². The van der Waals surface area contributed by atoms with Crippen LogP contribution in [0.2, 0.25) is 0 Å². The van der Waals surface area contributed by atoms with Crippen molar-refractivity contribution in [2.24, 2.45) is 0 Å². The molecule has 0 N–H and O–H groups in total. The highest BCUT2D eigenvalue weighted by Crippen LogP contribution is 2.23. The van der Waals surface area contributed by atoms with Crippen LogP contribution in [0.5, 0.6) is 5.75 Å². The summed E-state index contributed by atoms with van der Waals surface area (Å²) in [6.45, 7) is -0.641. The summed E-state index contributed by atoms with van der Waals surface area (Å²) in [5.41, 5.74) is 0.659. The average Bonchev–Trinajstić information content (AvgIpc) is 2.50. The summed E-state index contributed by atoms with van der Waals surface area (Å²) in [7, 11) is 0. The number of hydrogen-bond donors (Lipinski definition) is 0. The van der Waals surface area contributed by atoms with Gasteiger partial charge in [-0.05, 0) is 64.1 Å². The number of alkyl halides is 2. The van der Waals surface area contributed by atoms with Crippen LogP contribution in [0.25, 0.3) is 11.3 Å². The van der Waals surface area contributed by atoms with Gasteiger partial charge in [0.25, 0.3) is 12.0 Å². The van der Waals surface area contributed by atoms with Gasteiger partial charge in [-0.25, -0.2) is 8.78 Å². The molecule has 1 heterocycles. The van der Waals surface area contributed by atoms with Gasteiger partial charge in [0.15, 0.2) is 0 Å². The zero-order valence-electron chi connectivity index (χ0n) is 11.8. The fourth-order valence-electron chi connectivity index (χ4n) is 1.97. The molecule has 0 unspecified atom stereocenters. The molecule has 0 amide bonds. The van der Waals surface area contributed by atoms with Gasteiger partial charge in [0, 0.05) is 0 Å². The highest BCUT2D eigenvalue weighted by atomic mass is 79.9. The Hall–Kier alpha value is -1.34. The molecule has 0 saturated heterocycles. The lowest BCUT2D eigenvalue weighted by molar-refractivity contribution is 0.126. The van der Waals surface area contributed by atoms with Gasteiger partial charge in [0.2, 0.25) is 0 Å². The average molecular weight is 390 g/mol. The molecule has 7 heteroatoms. The molecule has 3 nitrogen and oxygen atoms in total. The Kier molecular flexibility index (Phi) is 6.02. The monoisotopic (exact) mass is 389 g/mol. The molecule has 0 aliphatic carbocycles. The van der Waals surface area contributed by atoms with Crippen molar-refractivity contribution in [2.45, 2.75) is 13.0 Å². The van der Waals surface area contributed by atoms with Crippen molar-refractivity contribution in [3.05, 3.63) is 51.2 Å². The molecule has 118 valence electrons. The normalized spacial score (nSPS) is 11.0. The molecule has 1 aromatic heterocycles. The van der Waals surface area contributed by atoms with E-state index in [1.165, 1.54) is 0 Å². The number of pyridine rings is 1. The smallest absolute Gasteiger partial charge is 0.265 e. The summed E-state index contributed by atoms with van der Waals surface area (Å²) in [6, 6.07) is 10.2. The minimum absolute atomic E-state index is 0.261. The Morgan fingerprint density at radius 3 is 2.50 bits per heavy atom. The molecule has 2 rings (SSSR count). The van der Waals surface area contributed by atoms with E-state index in [9.17, 15) is 13.6 Å². The van der Waals surface area contributed by atoms with Crippen LogP contribution in [-0.2, 0) is 6.54 Å². The van der Waals surface area contributed by atoms with E-state index in [4.69, 9.17) is 4.74 Å². The number of benzene rings is 1. The zero-order chi connectivity index (χ0) is 16.1. The molecule has 22 heavy (non-hydrogen) atoms. The van der Waals surface area contributed by atoms with Gasteiger partial charge < -0.3 is 9.30 Å². The molecule has 0 saturated carbocycles. The topological polar surface area (TPSA) is 31.2 Å². The summed E-state index contributed by atoms with van der Waals surface area (Å²) in [5.74, 6) is 1.23. The Morgan fingerprint density at radius 2 is 1.91 bits per heavy atom. The van der Waals surface area contributed by atoms with Gasteiger partial charge in [-0.15, -0.1) is 11.8 Å². The van der Waals surface area contributed by atoms with Gasteiger partial charge in [0.1, 0.15) is 11.7 Å². The second kappa shape index (κ2) is 7.78. The largest absolute Gasteiger partial charge is 0.483 e. The third-order valence-electron chi connectivity index (χ3n) is 2.94. The van der Waals surface area contributed by atoms with Crippen molar-refractivity contribution in [2.75, 3.05) is 12.2 Å². The predicted octanol–water partition coefficient (Wildman–Crippen LogP) is 4.24. The van der Waals surface area contributed by atoms with E-state index in [0.29, 0.717) is 22.9 Å². The SMILES string of the molecule is CSCOc1ccc(-c2ccc(Br)c(=O)n2CC(F)F)cc1. The minimum Gasteiger partial charge on any atom is -0.483 e. The number of thioether (sulfide) groups is 1. The quantitative estimate of drug-likeness (QED) is 0.692. The van der Waals surface area contributed by atoms with Crippen molar-refractivity contribution in [1.29, 1.82) is 0 Å². The van der Waals surface area contributed by atoms with Crippen molar-refractivity contribution in [1.82, 2.24) is 4.57 Å². The number of rotatable bonds is 6. The molecule has 0 bridgehead atoms. The Bertz CT molecular complexity index is 689. The van der Waals surface area contributed by atoms with Gasteiger partial charge in [0.05, 0.1) is 16.7 Å². The number of aromatic nitrogens is 1. The molecule has 0 fully saturated rings. The van der Waals surface area contributed by atoms with Gasteiger partial charge in [-0.1, -0.05) is 0 Å². The van der Waals surface area contributed by atoms with Crippen LogP contribution in [0.1, 0.15) is 0 Å². The molecule has 0 atom stereocenters. The van der Waals surface area contributed by atoms with Crippen LogP contribution in [-0.4, -0.2) is 23.2 Å². The second-order valence-corrected chi connectivity index (χ2v) is 6.12. The molecular formula is C15H14BrF2NO2S. The van der Waals surface area contributed by atoms with E-state index in [1.54, 1.807) is 48.2 Å². The lowest BCUT2D eigenvalue weighted by atomic mass is 10.1. The molecule has 0 aliphatic heterocycles. The molecule has 0 aliphatic rings. The van der Waals surface area contributed by atoms with E-state index in [2.05, 4.69) is 15.9 Å². The zero-order valence-corrected chi connectivity index (χ0v) is 14.2. The molecule has 0 radical (unpaired) electrons.